The van der Waals surface area contributed by atoms with Crippen LogP contribution in [0.2, 0.25) is 0 Å². The Morgan fingerprint density at radius 2 is 2.00 bits per heavy atom. The van der Waals surface area contributed by atoms with Gasteiger partial charge in [0.1, 0.15) is 23.3 Å². The number of imidazole rings is 1. The van der Waals surface area contributed by atoms with Crippen LogP contribution in [0.25, 0.3) is 22.1 Å². The highest BCUT2D eigenvalue weighted by atomic mass is 16.3. The summed E-state index contributed by atoms with van der Waals surface area (Å²) in [5.41, 5.74) is 2.30. The van der Waals surface area contributed by atoms with Gasteiger partial charge in [0.05, 0.1) is 6.04 Å². The zero-order valence-corrected chi connectivity index (χ0v) is 12.9. The highest BCUT2D eigenvalue weighted by Gasteiger charge is 2.21. The maximum Gasteiger partial charge on any atom is 0.196 e. The van der Waals surface area contributed by atoms with Crippen molar-refractivity contribution in [2.24, 2.45) is 5.92 Å². The number of nitrogens with one attached hydrogen (secondary N) is 2. The topological polar surface area (TPSA) is 79.6 Å². The normalized spacial score (nSPS) is 13.0. The highest BCUT2D eigenvalue weighted by Crippen LogP contribution is 2.32. The Morgan fingerprint density at radius 1 is 1.13 bits per heavy atom. The van der Waals surface area contributed by atoms with Crippen molar-refractivity contribution in [1.29, 1.82) is 0 Å². The van der Waals surface area contributed by atoms with E-state index in [0.29, 0.717) is 17.3 Å². The van der Waals surface area contributed by atoms with E-state index in [0.717, 1.165) is 22.3 Å². The molecule has 0 saturated heterocycles. The molecule has 0 aliphatic rings. The number of hydrogen-bond donors (Lipinski definition) is 2. The predicted octanol–water partition coefficient (Wildman–Crippen LogP) is 3.91. The zero-order chi connectivity index (χ0) is 15.8. The van der Waals surface area contributed by atoms with Crippen LogP contribution in [-0.2, 0) is 0 Å². The Morgan fingerprint density at radius 3 is 2.78 bits per heavy atom. The second kappa shape index (κ2) is 5.39. The summed E-state index contributed by atoms with van der Waals surface area (Å²) in [6.07, 6.45) is 5.14. The Kier molecular flexibility index (Phi) is 3.22. The molecule has 3 heterocycles. The summed E-state index contributed by atoms with van der Waals surface area (Å²) in [6, 6.07) is 7.88. The number of H-pyrrole nitrogens is 1. The maximum atomic E-state index is 5.96. The Bertz CT molecular complexity index is 942. The molecule has 4 aromatic rings. The first kappa shape index (κ1) is 13.8. The van der Waals surface area contributed by atoms with Crippen molar-refractivity contribution in [3.05, 3.63) is 48.8 Å². The van der Waals surface area contributed by atoms with E-state index in [4.69, 9.17) is 4.42 Å². The molecule has 0 spiro atoms. The smallest absolute Gasteiger partial charge is 0.196 e. The SMILES string of the molecule is CC(C)C(Nc1ncnc2c1oc1ccccc12)c1ncc[nH]1. The van der Waals surface area contributed by atoms with E-state index < -0.39 is 0 Å². The molecular weight excluding hydrogens is 290 g/mol. The predicted molar refractivity (Wildman–Crippen MR) is 89.1 cm³/mol. The van der Waals surface area contributed by atoms with Crippen LogP contribution < -0.4 is 5.32 Å². The number of aromatic nitrogens is 4. The average Bonchev–Trinajstić information content (AvgIpc) is 3.20. The molecule has 0 bridgehead atoms. The number of rotatable bonds is 4. The quantitative estimate of drug-likeness (QED) is 0.597. The molecule has 4 rings (SSSR count). The van der Waals surface area contributed by atoms with Gasteiger partial charge in [-0.2, -0.15) is 0 Å². The summed E-state index contributed by atoms with van der Waals surface area (Å²) in [7, 11) is 0. The lowest BCUT2D eigenvalue weighted by atomic mass is 10.0. The third kappa shape index (κ3) is 2.32. The summed E-state index contributed by atoms with van der Waals surface area (Å²) in [5, 5.41) is 4.44. The molecule has 3 aromatic heterocycles. The van der Waals surface area contributed by atoms with Gasteiger partial charge in [-0.15, -0.1) is 0 Å². The summed E-state index contributed by atoms with van der Waals surface area (Å²) < 4.78 is 5.96. The third-order valence-electron chi connectivity index (χ3n) is 3.93. The third-order valence-corrected chi connectivity index (χ3v) is 3.93. The Labute approximate surface area is 133 Å². The fourth-order valence-electron chi connectivity index (χ4n) is 2.77. The van der Waals surface area contributed by atoms with Gasteiger partial charge in [0, 0.05) is 17.8 Å². The van der Waals surface area contributed by atoms with Gasteiger partial charge in [-0.25, -0.2) is 15.0 Å². The van der Waals surface area contributed by atoms with Gasteiger partial charge >= 0.3 is 0 Å². The minimum atomic E-state index is 0.0105. The molecule has 6 nitrogen and oxygen atoms in total. The van der Waals surface area contributed by atoms with Crippen LogP contribution in [-0.4, -0.2) is 19.9 Å². The minimum absolute atomic E-state index is 0.0105. The molecule has 2 N–H and O–H groups in total. The standard InChI is InChI=1S/C17H17N5O/c1-10(2)13(16-18-7-8-19-16)22-17-15-14(20-9-21-17)11-5-3-4-6-12(11)23-15/h3-10,13H,1-2H3,(H,18,19)(H,20,21,22). The van der Waals surface area contributed by atoms with E-state index >= 15 is 0 Å². The van der Waals surface area contributed by atoms with E-state index in [1.165, 1.54) is 0 Å². The number of hydrogen-bond acceptors (Lipinski definition) is 5. The van der Waals surface area contributed by atoms with Crippen LogP contribution in [0.5, 0.6) is 0 Å². The van der Waals surface area contributed by atoms with Crippen molar-refractivity contribution in [2.75, 3.05) is 5.32 Å². The molecule has 0 aliphatic carbocycles. The second-order valence-electron chi connectivity index (χ2n) is 5.84. The fraction of sp³-hybridized carbons (Fsp3) is 0.235. The number of para-hydroxylation sites is 1. The number of anilines is 1. The monoisotopic (exact) mass is 307 g/mol. The van der Waals surface area contributed by atoms with Gasteiger partial charge in [0.15, 0.2) is 11.4 Å². The number of benzene rings is 1. The molecule has 116 valence electrons. The van der Waals surface area contributed by atoms with Gasteiger partial charge in [-0.3, -0.25) is 0 Å². The van der Waals surface area contributed by atoms with Gasteiger partial charge in [-0.1, -0.05) is 26.0 Å². The number of furan rings is 1. The van der Waals surface area contributed by atoms with Crippen molar-refractivity contribution in [2.45, 2.75) is 19.9 Å². The van der Waals surface area contributed by atoms with Crippen LogP contribution in [0, 0.1) is 5.92 Å². The van der Waals surface area contributed by atoms with Crippen LogP contribution in [0.3, 0.4) is 0 Å². The first-order valence-electron chi connectivity index (χ1n) is 7.62. The summed E-state index contributed by atoms with van der Waals surface area (Å²) in [4.78, 5) is 16.3. The largest absolute Gasteiger partial charge is 0.450 e. The molecule has 0 saturated carbocycles. The molecule has 0 aliphatic heterocycles. The lowest BCUT2D eigenvalue weighted by molar-refractivity contribution is 0.523. The van der Waals surface area contributed by atoms with E-state index in [1.807, 2.05) is 30.5 Å². The molecule has 1 aromatic carbocycles. The fourth-order valence-corrected chi connectivity index (χ4v) is 2.77. The summed E-state index contributed by atoms with van der Waals surface area (Å²) in [6.45, 7) is 4.27. The Balaban J connectivity index is 1.82. The van der Waals surface area contributed by atoms with Crippen molar-refractivity contribution >= 4 is 27.9 Å². The lowest BCUT2D eigenvalue weighted by Gasteiger charge is -2.20. The molecule has 1 atom stereocenters. The second-order valence-corrected chi connectivity index (χ2v) is 5.84. The van der Waals surface area contributed by atoms with Gasteiger partial charge in [0.2, 0.25) is 0 Å². The van der Waals surface area contributed by atoms with Crippen LogP contribution in [0.15, 0.2) is 47.4 Å². The van der Waals surface area contributed by atoms with Gasteiger partial charge < -0.3 is 14.7 Å². The van der Waals surface area contributed by atoms with Crippen molar-refractivity contribution < 1.29 is 4.42 Å². The number of fused-ring (bicyclic) bond motifs is 3. The number of aromatic amines is 1. The zero-order valence-electron chi connectivity index (χ0n) is 12.9. The van der Waals surface area contributed by atoms with Crippen LogP contribution in [0.1, 0.15) is 25.7 Å². The van der Waals surface area contributed by atoms with Gasteiger partial charge in [0.25, 0.3) is 0 Å². The van der Waals surface area contributed by atoms with Crippen LogP contribution >= 0.6 is 0 Å². The molecular formula is C17H17N5O. The summed E-state index contributed by atoms with van der Waals surface area (Å²) in [5.74, 6) is 1.89. The van der Waals surface area contributed by atoms with Crippen molar-refractivity contribution in [3.8, 4) is 0 Å². The van der Waals surface area contributed by atoms with E-state index in [-0.39, 0.29) is 6.04 Å². The first-order chi connectivity index (χ1) is 11.2. The minimum Gasteiger partial charge on any atom is -0.450 e. The average molecular weight is 307 g/mol. The molecule has 1 unspecified atom stereocenters. The molecule has 23 heavy (non-hydrogen) atoms. The van der Waals surface area contributed by atoms with Gasteiger partial charge in [-0.05, 0) is 18.1 Å². The van der Waals surface area contributed by atoms with E-state index in [1.54, 1.807) is 12.5 Å². The number of nitrogens with zero attached hydrogens (tertiary/aromatic N) is 3. The highest BCUT2D eigenvalue weighted by molar-refractivity contribution is 6.05. The van der Waals surface area contributed by atoms with Crippen LogP contribution in [0.4, 0.5) is 5.82 Å². The Hall–Kier alpha value is -2.89. The van der Waals surface area contributed by atoms with E-state index in [2.05, 4.69) is 39.1 Å². The van der Waals surface area contributed by atoms with Crippen molar-refractivity contribution in [1.82, 2.24) is 19.9 Å². The summed E-state index contributed by atoms with van der Waals surface area (Å²) >= 11 is 0. The van der Waals surface area contributed by atoms with E-state index in [9.17, 15) is 0 Å². The first-order valence-corrected chi connectivity index (χ1v) is 7.62. The maximum absolute atomic E-state index is 5.96. The van der Waals surface area contributed by atoms with Crippen molar-refractivity contribution in [3.63, 3.8) is 0 Å². The molecule has 6 heteroatoms. The lowest BCUT2D eigenvalue weighted by Crippen LogP contribution is -2.19. The molecule has 0 radical (unpaired) electrons. The molecule has 0 fully saturated rings. The molecule has 0 amide bonds.